The first-order valence-electron chi connectivity index (χ1n) is 7.21. The summed E-state index contributed by atoms with van der Waals surface area (Å²) in [5, 5.41) is 0. The van der Waals surface area contributed by atoms with Crippen molar-refractivity contribution in [1.82, 2.24) is 0 Å². The van der Waals surface area contributed by atoms with Crippen molar-refractivity contribution in [3.63, 3.8) is 0 Å². The van der Waals surface area contributed by atoms with Gasteiger partial charge in [0, 0.05) is 11.6 Å². The van der Waals surface area contributed by atoms with Crippen molar-refractivity contribution < 1.29 is 14.3 Å². The topological polar surface area (TPSA) is 35.5 Å². The largest absolute Gasteiger partial charge is 0.494 e. The lowest BCUT2D eigenvalue weighted by Crippen LogP contribution is -2.03. The lowest BCUT2D eigenvalue weighted by Gasteiger charge is -2.15. The highest BCUT2D eigenvalue weighted by molar-refractivity contribution is 7.99. The second-order valence-corrected chi connectivity index (χ2v) is 5.53. The number of unbranched alkanes of at least 4 members (excludes halogenated alkanes) is 1. The van der Waals surface area contributed by atoms with E-state index in [0.717, 1.165) is 29.2 Å². The molecule has 0 atom stereocenters. The Hall–Kier alpha value is -1.16. The van der Waals surface area contributed by atoms with Gasteiger partial charge in [-0.2, -0.15) is 0 Å². The highest BCUT2D eigenvalue weighted by atomic mass is 32.2. The minimum atomic E-state index is 0.0477. The van der Waals surface area contributed by atoms with Crippen molar-refractivity contribution in [2.24, 2.45) is 0 Å². The standard InChI is InChI=1S/C16H24O3S/c1-5-8-9-20-16-14(12(4)17)10-13(18-6-2)11-15(16)19-7-3/h10-11H,5-9H2,1-4H3. The summed E-state index contributed by atoms with van der Waals surface area (Å²) in [4.78, 5) is 12.8. The van der Waals surface area contributed by atoms with Crippen LogP contribution in [0.15, 0.2) is 17.0 Å². The molecule has 112 valence electrons. The summed E-state index contributed by atoms with van der Waals surface area (Å²) in [6.07, 6.45) is 2.27. The number of Topliss-reactive ketones (excluding diaryl/α,β-unsaturated/α-hetero) is 1. The molecule has 0 N–H and O–H groups in total. The van der Waals surface area contributed by atoms with Gasteiger partial charge in [0.25, 0.3) is 0 Å². The third-order valence-corrected chi connectivity index (χ3v) is 3.97. The maximum absolute atomic E-state index is 11.9. The molecule has 1 aromatic carbocycles. The second kappa shape index (κ2) is 8.90. The van der Waals surface area contributed by atoms with Crippen LogP contribution in [0.5, 0.6) is 11.5 Å². The number of carbonyl (C=O) groups excluding carboxylic acids is 1. The lowest BCUT2D eigenvalue weighted by atomic mass is 10.1. The summed E-state index contributed by atoms with van der Waals surface area (Å²) in [6, 6.07) is 3.70. The minimum Gasteiger partial charge on any atom is -0.494 e. The molecular weight excluding hydrogens is 272 g/mol. The Kier molecular flexibility index (Phi) is 7.52. The number of rotatable bonds is 9. The van der Waals surface area contributed by atoms with E-state index in [-0.39, 0.29) is 5.78 Å². The molecule has 0 spiro atoms. The number of ether oxygens (including phenoxy) is 2. The van der Waals surface area contributed by atoms with Gasteiger partial charge in [-0.1, -0.05) is 13.3 Å². The Labute approximate surface area is 126 Å². The normalized spacial score (nSPS) is 10.4. The van der Waals surface area contributed by atoms with Crippen LogP contribution in [0.3, 0.4) is 0 Å². The molecule has 0 aliphatic heterocycles. The van der Waals surface area contributed by atoms with Gasteiger partial charge in [0.2, 0.25) is 0 Å². The molecule has 0 radical (unpaired) electrons. The molecule has 0 heterocycles. The first-order valence-corrected chi connectivity index (χ1v) is 8.19. The Morgan fingerprint density at radius 1 is 1.15 bits per heavy atom. The van der Waals surface area contributed by atoms with E-state index < -0.39 is 0 Å². The fraction of sp³-hybridized carbons (Fsp3) is 0.562. The van der Waals surface area contributed by atoms with Crippen LogP contribution in [0.25, 0.3) is 0 Å². The van der Waals surface area contributed by atoms with Gasteiger partial charge in [-0.15, -0.1) is 11.8 Å². The predicted molar refractivity (Wildman–Crippen MR) is 84.4 cm³/mol. The second-order valence-electron chi connectivity index (χ2n) is 4.42. The van der Waals surface area contributed by atoms with Crippen LogP contribution < -0.4 is 9.47 Å². The van der Waals surface area contributed by atoms with E-state index in [9.17, 15) is 4.79 Å². The molecule has 1 rings (SSSR count). The highest BCUT2D eigenvalue weighted by Gasteiger charge is 2.16. The predicted octanol–water partition coefficient (Wildman–Crippen LogP) is 4.58. The van der Waals surface area contributed by atoms with Crippen molar-refractivity contribution in [2.45, 2.75) is 45.4 Å². The molecule has 0 aliphatic carbocycles. The van der Waals surface area contributed by atoms with E-state index in [1.54, 1.807) is 18.7 Å². The van der Waals surface area contributed by atoms with Crippen molar-refractivity contribution in [1.29, 1.82) is 0 Å². The van der Waals surface area contributed by atoms with E-state index in [2.05, 4.69) is 6.92 Å². The van der Waals surface area contributed by atoms with Gasteiger partial charge in [-0.3, -0.25) is 4.79 Å². The van der Waals surface area contributed by atoms with Gasteiger partial charge in [0.05, 0.1) is 18.1 Å². The number of hydrogen-bond donors (Lipinski definition) is 0. The Morgan fingerprint density at radius 2 is 1.85 bits per heavy atom. The highest BCUT2D eigenvalue weighted by Crippen LogP contribution is 2.37. The zero-order chi connectivity index (χ0) is 15.0. The van der Waals surface area contributed by atoms with Crippen LogP contribution in [-0.4, -0.2) is 24.7 Å². The Balaban J connectivity index is 3.16. The van der Waals surface area contributed by atoms with E-state index in [1.807, 2.05) is 26.0 Å². The molecular formula is C16H24O3S. The third kappa shape index (κ3) is 4.75. The molecule has 0 fully saturated rings. The van der Waals surface area contributed by atoms with Gasteiger partial charge in [0.15, 0.2) is 5.78 Å². The molecule has 4 heteroatoms. The molecule has 0 bridgehead atoms. The van der Waals surface area contributed by atoms with Gasteiger partial charge in [-0.05, 0) is 39.0 Å². The summed E-state index contributed by atoms with van der Waals surface area (Å²) >= 11 is 1.69. The average molecular weight is 296 g/mol. The zero-order valence-corrected chi connectivity index (χ0v) is 13.6. The molecule has 3 nitrogen and oxygen atoms in total. The van der Waals surface area contributed by atoms with Crippen LogP contribution in [0.2, 0.25) is 0 Å². The molecule has 1 aromatic rings. The maximum atomic E-state index is 11.9. The minimum absolute atomic E-state index is 0.0477. The van der Waals surface area contributed by atoms with Crippen LogP contribution in [-0.2, 0) is 0 Å². The van der Waals surface area contributed by atoms with E-state index in [1.165, 1.54) is 0 Å². The van der Waals surface area contributed by atoms with Crippen LogP contribution in [0.4, 0.5) is 0 Å². The summed E-state index contributed by atoms with van der Waals surface area (Å²) in [7, 11) is 0. The molecule has 0 saturated carbocycles. The average Bonchev–Trinajstić information content (AvgIpc) is 2.41. The van der Waals surface area contributed by atoms with Gasteiger partial charge < -0.3 is 9.47 Å². The number of thioether (sulfide) groups is 1. The van der Waals surface area contributed by atoms with Gasteiger partial charge in [0.1, 0.15) is 11.5 Å². The fourth-order valence-electron chi connectivity index (χ4n) is 1.82. The van der Waals surface area contributed by atoms with E-state index in [4.69, 9.17) is 9.47 Å². The number of ketones is 1. The lowest BCUT2D eigenvalue weighted by molar-refractivity contribution is 0.101. The number of benzene rings is 1. The first-order chi connectivity index (χ1) is 9.63. The summed E-state index contributed by atoms with van der Waals surface area (Å²) in [6.45, 7) is 8.78. The van der Waals surface area contributed by atoms with Crippen molar-refractivity contribution in [3.8, 4) is 11.5 Å². The molecule has 0 aliphatic rings. The van der Waals surface area contributed by atoms with Crippen LogP contribution in [0.1, 0.15) is 50.9 Å². The van der Waals surface area contributed by atoms with E-state index >= 15 is 0 Å². The first kappa shape index (κ1) is 16.9. The summed E-state index contributed by atoms with van der Waals surface area (Å²) in [5.41, 5.74) is 0.695. The smallest absolute Gasteiger partial charge is 0.161 e. The third-order valence-electron chi connectivity index (χ3n) is 2.76. The quantitative estimate of drug-likeness (QED) is 0.379. The van der Waals surface area contributed by atoms with Crippen molar-refractivity contribution in [3.05, 3.63) is 17.7 Å². The van der Waals surface area contributed by atoms with Crippen LogP contribution in [0, 0.1) is 0 Å². The molecule has 0 saturated heterocycles. The summed E-state index contributed by atoms with van der Waals surface area (Å²) < 4.78 is 11.2. The van der Waals surface area contributed by atoms with Crippen molar-refractivity contribution in [2.75, 3.05) is 19.0 Å². The van der Waals surface area contributed by atoms with E-state index in [0.29, 0.717) is 24.5 Å². The number of hydrogen-bond acceptors (Lipinski definition) is 4. The van der Waals surface area contributed by atoms with Gasteiger partial charge >= 0.3 is 0 Å². The fourth-order valence-corrected chi connectivity index (χ4v) is 3.07. The molecule has 20 heavy (non-hydrogen) atoms. The zero-order valence-electron chi connectivity index (χ0n) is 12.8. The van der Waals surface area contributed by atoms with Crippen molar-refractivity contribution >= 4 is 17.5 Å². The molecule has 0 amide bonds. The Morgan fingerprint density at radius 3 is 2.40 bits per heavy atom. The number of carbonyl (C=O) groups is 1. The summed E-state index contributed by atoms with van der Waals surface area (Å²) in [5.74, 6) is 2.49. The Bertz CT molecular complexity index is 444. The maximum Gasteiger partial charge on any atom is 0.161 e. The monoisotopic (exact) mass is 296 g/mol. The van der Waals surface area contributed by atoms with Gasteiger partial charge in [-0.25, -0.2) is 0 Å². The molecule has 0 unspecified atom stereocenters. The SMILES string of the molecule is CCCCSc1c(OCC)cc(OCC)cc1C(C)=O. The molecule has 0 aromatic heterocycles. The van der Waals surface area contributed by atoms with Crippen LogP contribution >= 0.6 is 11.8 Å².